The highest BCUT2D eigenvalue weighted by Gasteiger charge is 2.31. The molecule has 1 aliphatic heterocycles. The highest BCUT2D eigenvalue weighted by molar-refractivity contribution is 5.20. The highest BCUT2D eigenvalue weighted by atomic mass is 16.5. The molecule has 1 fully saturated rings. The molecule has 18 heavy (non-hydrogen) atoms. The molecule has 1 aromatic heterocycles. The number of nitrogens with zero attached hydrogens (tertiary/aromatic N) is 2. The molecule has 0 saturated carbocycles. The van der Waals surface area contributed by atoms with Gasteiger partial charge in [-0.1, -0.05) is 0 Å². The highest BCUT2D eigenvalue weighted by Crippen LogP contribution is 2.22. The first kappa shape index (κ1) is 13.3. The van der Waals surface area contributed by atoms with Gasteiger partial charge in [0.1, 0.15) is 0 Å². The molecular weight excluding hydrogens is 232 g/mol. The van der Waals surface area contributed by atoms with E-state index in [4.69, 9.17) is 9.47 Å². The van der Waals surface area contributed by atoms with Crippen LogP contribution in [0.2, 0.25) is 0 Å². The predicted molar refractivity (Wildman–Crippen MR) is 67.5 cm³/mol. The van der Waals surface area contributed by atoms with Gasteiger partial charge in [0.05, 0.1) is 19.8 Å². The maximum atomic E-state index is 9.39. The van der Waals surface area contributed by atoms with E-state index >= 15 is 0 Å². The summed E-state index contributed by atoms with van der Waals surface area (Å²) in [5, 5.41) is 9.39. The van der Waals surface area contributed by atoms with Gasteiger partial charge in [-0.15, -0.1) is 0 Å². The van der Waals surface area contributed by atoms with E-state index < -0.39 is 0 Å². The number of aliphatic hydroxyl groups is 1. The lowest BCUT2D eigenvalue weighted by molar-refractivity contribution is 0.107. The monoisotopic (exact) mass is 252 g/mol. The van der Waals surface area contributed by atoms with Crippen molar-refractivity contribution >= 4 is 0 Å². The van der Waals surface area contributed by atoms with Crippen LogP contribution in [0, 0.1) is 0 Å². The third kappa shape index (κ3) is 2.98. The molecule has 0 radical (unpaired) electrons. The van der Waals surface area contributed by atoms with Crippen molar-refractivity contribution in [3.8, 4) is 5.88 Å². The average molecular weight is 252 g/mol. The molecular formula is C13H20N2O3. The van der Waals surface area contributed by atoms with Crippen LogP contribution in [0.1, 0.15) is 12.0 Å². The Kier molecular flexibility index (Phi) is 4.52. The van der Waals surface area contributed by atoms with E-state index in [0.717, 1.165) is 25.1 Å². The summed E-state index contributed by atoms with van der Waals surface area (Å²) >= 11 is 0. The topological polar surface area (TPSA) is 54.8 Å². The minimum atomic E-state index is 0.169. The summed E-state index contributed by atoms with van der Waals surface area (Å²) in [7, 11) is 3.33. The first-order valence-electron chi connectivity index (χ1n) is 6.13. The Morgan fingerprint density at radius 2 is 2.33 bits per heavy atom. The summed E-state index contributed by atoms with van der Waals surface area (Å²) < 4.78 is 10.5. The summed E-state index contributed by atoms with van der Waals surface area (Å²) in [5.41, 5.74) is 1.14. The number of rotatable bonds is 5. The van der Waals surface area contributed by atoms with E-state index in [1.165, 1.54) is 0 Å². The largest absolute Gasteiger partial charge is 0.481 e. The first-order chi connectivity index (χ1) is 8.76. The second-order valence-electron chi connectivity index (χ2n) is 4.57. The number of hydrogen-bond acceptors (Lipinski definition) is 5. The van der Waals surface area contributed by atoms with Crippen LogP contribution in [0.25, 0.3) is 0 Å². The molecule has 5 heteroatoms. The molecule has 2 heterocycles. The molecule has 0 aromatic carbocycles. The zero-order valence-electron chi connectivity index (χ0n) is 10.9. The molecule has 0 aliphatic carbocycles. The lowest BCUT2D eigenvalue weighted by Crippen LogP contribution is -2.31. The molecule has 2 rings (SSSR count). The van der Waals surface area contributed by atoms with Crippen LogP contribution in [0.4, 0.5) is 0 Å². The fourth-order valence-electron chi connectivity index (χ4n) is 2.39. The van der Waals surface area contributed by atoms with Crippen LogP contribution >= 0.6 is 0 Å². The van der Waals surface area contributed by atoms with E-state index in [2.05, 4.69) is 9.88 Å². The zero-order valence-corrected chi connectivity index (χ0v) is 10.9. The number of aromatic nitrogens is 1. The first-order valence-corrected chi connectivity index (χ1v) is 6.13. The van der Waals surface area contributed by atoms with Crippen molar-refractivity contribution < 1.29 is 14.6 Å². The number of methoxy groups -OCH3 is 2. The lowest BCUT2D eigenvalue weighted by atomic mass is 10.2. The second-order valence-corrected chi connectivity index (χ2v) is 4.57. The lowest BCUT2D eigenvalue weighted by Gasteiger charge is -2.22. The van der Waals surface area contributed by atoms with E-state index in [1.807, 2.05) is 12.1 Å². The standard InChI is InChI=1S/C13H20N2O3/c1-17-12-6-11(9-16)15(8-12)7-10-3-4-14-13(5-10)18-2/h3-5,11-12,16H,6-9H2,1-2H3/t11-,12+/m0/s1. The van der Waals surface area contributed by atoms with E-state index in [0.29, 0.717) is 5.88 Å². The molecule has 1 aliphatic rings. The summed E-state index contributed by atoms with van der Waals surface area (Å²) in [4.78, 5) is 6.33. The Hall–Kier alpha value is -1.17. The molecule has 5 nitrogen and oxygen atoms in total. The number of likely N-dealkylation sites (tertiary alicyclic amines) is 1. The molecule has 0 spiro atoms. The van der Waals surface area contributed by atoms with Gasteiger partial charge in [0.25, 0.3) is 0 Å². The van der Waals surface area contributed by atoms with Gasteiger partial charge in [0.15, 0.2) is 0 Å². The van der Waals surface area contributed by atoms with Gasteiger partial charge < -0.3 is 14.6 Å². The SMILES string of the molecule is COc1cc(CN2C[C@H](OC)C[C@H]2CO)ccn1. The molecule has 0 amide bonds. The van der Waals surface area contributed by atoms with Gasteiger partial charge in [-0.2, -0.15) is 0 Å². The van der Waals surface area contributed by atoms with Crippen LogP contribution in [-0.4, -0.2) is 54.5 Å². The van der Waals surface area contributed by atoms with Gasteiger partial charge >= 0.3 is 0 Å². The van der Waals surface area contributed by atoms with Gasteiger partial charge in [0.2, 0.25) is 5.88 Å². The quantitative estimate of drug-likeness (QED) is 0.835. The minimum absolute atomic E-state index is 0.169. The van der Waals surface area contributed by atoms with Crippen LogP contribution < -0.4 is 4.74 Å². The molecule has 1 aromatic rings. The number of ether oxygens (including phenoxy) is 2. The van der Waals surface area contributed by atoms with Crippen molar-refractivity contribution in [2.24, 2.45) is 0 Å². The fourth-order valence-corrected chi connectivity index (χ4v) is 2.39. The van der Waals surface area contributed by atoms with Gasteiger partial charge in [-0.25, -0.2) is 4.98 Å². The van der Waals surface area contributed by atoms with E-state index in [1.54, 1.807) is 20.4 Å². The summed E-state index contributed by atoms with van der Waals surface area (Å²) in [6.07, 6.45) is 2.84. The molecule has 100 valence electrons. The third-order valence-corrected chi connectivity index (χ3v) is 3.43. The Balaban J connectivity index is 2.03. The normalized spacial score (nSPS) is 24.4. The fraction of sp³-hybridized carbons (Fsp3) is 0.615. The van der Waals surface area contributed by atoms with E-state index in [-0.39, 0.29) is 18.8 Å². The Morgan fingerprint density at radius 3 is 3.00 bits per heavy atom. The average Bonchev–Trinajstić information content (AvgIpc) is 2.81. The van der Waals surface area contributed by atoms with Crippen LogP contribution in [-0.2, 0) is 11.3 Å². The van der Waals surface area contributed by atoms with Crippen LogP contribution in [0.5, 0.6) is 5.88 Å². The third-order valence-electron chi connectivity index (χ3n) is 3.43. The summed E-state index contributed by atoms with van der Waals surface area (Å²) in [6.45, 7) is 1.80. The van der Waals surface area contributed by atoms with Crippen molar-refractivity contribution in [3.63, 3.8) is 0 Å². The maximum absolute atomic E-state index is 9.39. The van der Waals surface area contributed by atoms with Crippen molar-refractivity contribution in [3.05, 3.63) is 23.9 Å². The van der Waals surface area contributed by atoms with Gasteiger partial charge in [0, 0.05) is 38.5 Å². The summed E-state index contributed by atoms with van der Waals surface area (Å²) in [5.74, 6) is 0.621. The Labute approximate surface area is 107 Å². The van der Waals surface area contributed by atoms with E-state index in [9.17, 15) is 5.11 Å². The minimum Gasteiger partial charge on any atom is -0.481 e. The molecule has 1 saturated heterocycles. The number of aliphatic hydroxyl groups excluding tert-OH is 1. The summed E-state index contributed by atoms with van der Waals surface area (Å²) in [6, 6.07) is 4.07. The van der Waals surface area contributed by atoms with Gasteiger partial charge in [-0.3, -0.25) is 4.90 Å². The van der Waals surface area contributed by atoms with Crippen molar-refractivity contribution in [2.75, 3.05) is 27.4 Å². The second kappa shape index (κ2) is 6.13. The number of pyridine rings is 1. The molecule has 1 N–H and O–H groups in total. The van der Waals surface area contributed by atoms with Crippen LogP contribution in [0.15, 0.2) is 18.3 Å². The molecule has 2 atom stereocenters. The predicted octanol–water partition coefficient (Wildman–Crippen LogP) is 0.672. The Bertz CT molecular complexity index is 386. The van der Waals surface area contributed by atoms with Crippen molar-refractivity contribution in [2.45, 2.75) is 25.1 Å². The Morgan fingerprint density at radius 1 is 1.50 bits per heavy atom. The number of hydrogen-bond donors (Lipinski definition) is 1. The van der Waals surface area contributed by atoms with Crippen molar-refractivity contribution in [1.82, 2.24) is 9.88 Å². The van der Waals surface area contributed by atoms with Crippen LogP contribution in [0.3, 0.4) is 0 Å². The van der Waals surface area contributed by atoms with Crippen molar-refractivity contribution in [1.29, 1.82) is 0 Å². The maximum Gasteiger partial charge on any atom is 0.213 e. The smallest absolute Gasteiger partial charge is 0.213 e. The van der Waals surface area contributed by atoms with Gasteiger partial charge in [-0.05, 0) is 18.1 Å². The molecule has 0 bridgehead atoms. The zero-order chi connectivity index (χ0) is 13.0. The molecule has 0 unspecified atom stereocenters.